The lowest BCUT2D eigenvalue weighted by Crippen LogP contribution is -2.41. The maximum absolute atomic E-state index is 11.9. The van der Waals surface area contributed by atoms with Crippen LogP contribution in [0.4, 0.5) is 0 Å². The van der Waals surface area contributed by atoms with Gasteiger partial charge in [0.2, 0.25) is 5.91 Å². The molecule has 0 aromatic heterocycles. The van der Waals surface area contributed by atoms with Crippen LogP contribution in [0.2, 0.25) is 0 Å². The molecule has 5 nitrogen and oxygen atoms in total. The first-order chi connectivity index (χ1) is 7.06. The van der Waals surface area contributed by atoms with Gasteiger partial charge in [0, 0.05) is 13.2 Å². The van der Waals surface area contributed by atoms with E-state index in [0.29, 0.717) is 19.6 Å². The number of aliphatic carboxylic acids is 1. The Morgan fingerprint density at radius 1 is 1.53 bits per heavy atom. The Bertz CT molecular complexity index is 254. The van der Waals surface area contributed by atoms with Crippen LogP contribution in [-0.2, 0) is 14.3 Å². The van der Waals surface area contributed by atoms with E-state index in [1.807, 2.05) is 6.92 Å². The average Bonchev–Trinajstić information content (AvgIpc) is 2.59. The second-order valence-electron chi connectivity index (χ2n) is 3.72. The van der Waals surface area contributed by atoms with E-state index in [9.17, 15) is 9.59 Å². The maximum Gasteiger partial charge on any atom is 0.323 e. The van der Waals surface area contributed by atoms with Crippen LogP contribution in [0.25, 0.3) is 0 Å². The minimum atomic E-state index is -0.975. The molecule has 1 fully saturated rings. The number of likely N-dealkylation sites (N-methyl/N-ethyl adjacent to an activating group) is 1. The van der Waals surface area contributed by atoms with Crippen molar-refractivity contribution < 1.29 is 19.4 Å². The minimum Gasteiger partial charge on any atom is -0.480 e. The number of rotatable bonds is 4. The van der Waals surface area contributed by atoms with Gasteiger partial charge >= 0.3 is 5.97 Å². The van der Waals surface area contributed by atoms with Gasteiger partial charge in [-0.15, -0.1) is 0 Å². The van der Waals surface area contributed by atoms with Gasteiger partial charge in [-0.2, -0.15) is 0 Å². The monoisotopic (exact) mass is 215 g/mol. The van der Waals surface area contributed by atoms with E-state index >= 15 is 0 Å². The van der Waals surface area contributed by atoms with Crippen molar-refractivity contribution in [1.29, 1.82) is 0 Å². The molecule has 15 heavy (non-hydrogen) atoms. The van der Waals surface area contributed by atoms with Gasteiger partial charge in [-0.3, -0.25) is 9.59 Å². The summed E-state index contributed by atoms with van der Waals surface area (Å²) in [6.45, 7) is 4.42. The van der Waals surface area contributed by atoms with Crippen LogP contribution in [0.1, 0.15) is 20.3 Å². The highest BCUT2D eigenvalue weighted by Gasteiger charge is 2.33. The Labute approximate surface area is 89.0 Å². The summed E-state index contributed by atoms with van der Waals surface area (Å²) in [4.78, 5) is 23.8. The summed E-state index contributed by atoms with van der Waals surface area (Å²) in [6.07, 6.45) is 0.594. The minimum absolute atomic E-state index is 0.0969. The lowest BCUT2D eigenvalue weighted by atomic mass is 10.0. The topological polar surface area (TPSA) is 66.8 Å². The standard InChI is InChI=1S/C10H17NO4/c1-3-11(6-9(12)13)10(14)8-4-5-15-7(8)2/h7-8H,3-6H2,1-2H3,(H,12,13). The highest BCUT2D eigenvalue weighted by molar-refractivity contribution is 5.83. The summed E-state index contributed by atoms with van der Waals surface area (Å²) in [7, 11) is 0. The van der Waals surface area contributed by atoms with Crippen LogP contribution < -0.4 is 0 Å². The Hall–Kier alpha value is -1.10. The molecule has 1 rings (SSSR count). The summed E-state index contributed by atoms with van der Waals surface area (Å²) in [5, 5.41) is 8.65. The maximum atomic E-state index is 11.9. The number of carbonyl (C=O) groups excluding carboxylic acids is 1. The molecule has 86 valence electrons. The third-order valence-electron chi connectivity index (χ3n) is 2.71. The molecule has 5 heteroatoms. The zero-order valence-corrected chi connectivity index (χ0v) is 9.10. The van der Waals surface area contributed by atoms with E-state index in [4.69, 9.17) is 9.84 Å². The smallest absolute Gasteiger partial charge is 0.323 e. The molecule has 0 radical (unpaired) electrons. The first-order valence-corrected chi connectivity index (χ1v) is 5.18. The summed E-state index contributed by atoms with van der Waals surface area (Å²) in [5.41, 5.74) is 0. The number of carbonyl (C=O) groups is 2. The third kappa shape index (κ3) is 2.92. The van der Waals surface area contributed by atoms with Gasteiger partial charge in [0.15, 0.2) is 0 Å². The van der Waals surface area contributed by atoms with E-state index < -0.39 is 5.97 Å². The molecule has 0 aromatic carbocycles. The Kier molecular flexibility index (Phi) is 4.08. The molecule has 2 unspecified atom stereocenters. The third-order valence-corrected chi connectivity index (χ3v) is 2.71. The molecule has 0 bridgehead atoms. The second kappa shape index (κ2) is 5.11. The van der Waals surface area contributed by atoms with Crippen molar-refractivity contribution in [2.75, 3.05) is 19.7 Å². The largest absolute Gasteiger partial charge is 0.480 e. The van der Waals surface area contributed by atoms with Gasteiger partial charge in [-0.1, -0.05) is 0 Å². The molecule has 1 heterocycles. The lowest BCUT2D eigenvalue weighted by molar-refractivity contribution is -0.146. The summed E-state index contributed by atoms with van der Waals surface area (Å²) in [5.74, 6) is -1.26. The van der Waals surface area contributed by atoms with Gasteiger partial charge in [-0.05, 0) is 20.3 Å². The van der Waals surface area contributed by atoms with Gasteiger partial charge in [0.25, 0.3) is 0 Å². The number of amides is 1. The number of ether oxygens (including phenoxy) is 1. The second-order valence-corrected chi connectivity index (χ2v) is 3.72. The lowest BCUT2D eigenvalue weighted by Gasteiger charge is -2.23. The molecule has 1 amide bonds. The van der Waals surface area contributed by atoms with Crippen molar-refractivity contribution in [3.63, 3.8) is 0 Å². The van der Waals surface area contributed by atoms with Crippen LogP contribution >= 0.6 is 0 Å². The molecule has 1 aliphatic heterocycles. The van der Waals surface area contributed by atoms with Gasteiger partial charge < -0.3 is 14.7 Å². The van der Waals surface area contributed by atoms with Crippen LogP contribution in [0.15, 0.2) is 0 Å². The molecule has 0 aliphatic carbocycles. The fourth-order valence-corrected chi connectivity index (χ4v) is 1.80. The number of carboxylic acid groups (broad SMARTS) is 1. The fraction of sp³-hybridized carbons (Fsp3) is 0.800. The molecule has 0 saturated carbocycles. The highest BCUT2D eigenvalue weighted by Crippen LogP contribution is 2.22. The average molecular weight is 215 g/mol. The first kappa shape index (κ1) is 12.0. The van der Waals surface area contributed by atoms with Crippen molar-refractivity contribution in [3.8, 4) is 0 Å². The number of hydrogen-bond donors (Lipinski definition) is 1. The van der Waals surface area contributed by atoms with Gasteiger partial charge in [0.05, 0.1) is 12.0 Å². The van der Waals surface area contributed by atoms with Gasteiger partial charge in [-0.25, -0.2) is 0 Å². The summed E-state index contributed by atoms with van der Waals surface area (Å²) >= 11 is 0. The summed E-state index contributed by atoms with van der Waals surface area (Å²) < 4.78 is 5.29. The molecule has 1 aliphatic rings. The van der Waals surface area contributed by atoms with Crippen molar-refractivity contribution in [2.45, 2.75) is 26.4 Å². The highest BCUT2D eigenvalue weighted by atomic mass is 16.5. The fourth-order valence-electron chi connectivity index (χ4n) is 1.80. The summed E-state index contributed by atoms with van der Waals surface area (Å²) in [6, 6.07) is 0. The molecule has 0 spiro atoms. The van der Waals surface area contributed by atoms with Crippen molar-refractivity contribution in [3.05, 3.63) is 0 Å². The number of nitrogens with zero attached hydrogens (tertiary/aromatic N) is 1. The molecular weight excluding hydrogens is 198 g/mol. The number of hydrogen-bond acceptors (Lipinski definition) is 3. The van der Waals surface area contributed by atoms with Crippen LogP contribution in [0, 0.1) is 5.92 Å². The molecule has 2 atom stereocenters. The predicted octanol–water partition coefficient (Wildman–Crippen LogP) is 0.345. The van der Waals surface area contributed by atoms with E-state index in [1.54, 1.807) is 6.92 Å². The molecular formula is C10H17NO4. The predicted molar refractivity (Wildman–Crippen MR) is 53.4 cm³/mol. The molecule has 1 saturated heterocycles. The quantitative estimate of drug-likeness (QED) is 0.734. The first-order valence-electron chi connectivity index (χ1n) is 5.18. The normalized spacial score (nSPS) is 25.2. The van der Waals surface area contributed by atoms with E-state index in [1.165, 1.54) is 4.90 Å². The van der Waals surface area contributed by atoms with E-state index in [0.717, 1.165) is 0 Å². The van der Waals surface area contributed by atoms with E-state index in [-0.39, 0.29) is 24.5 Å². The Morgan fingerprint density at radius 3 is 2.60 bits per heavy atom. The Morgan fingerprint density at radius 2 is 2.20 bits per heavy atom. The zero-order chi connectivity index (χ0) is 11.4. The Balaban J connectivity index is 2.59. The van der Waals surface area contributed by atoms with Crippen LogP contribution in [0.3, 0.4) is 0 Å². The van der Waals surface area contributed by atoms with E-state index in [2.05, 4.69) is 0 Å². The van der Waals surface area contributed by atoms with Crippen molar-refractivity contribution >= 4 is 11.9 Å². The zero-order valence-electron chi connectivity index (χ0n) is 9.10. The van der Waals surface area contributed by atoms with Crippen LogP contribution in [0.5, 0.6) is 0 Å². The molecule has 0 aromatic rings. The number of carboxylic acids is 1. The van der Waals surface area contributed by atoms with Crippen molar-refractivity contribution in [1.82, 2.24) is 4.90 Å². The van der Waals surface area contributed by atoms with Crippen molar-refractivity contribution in [2.24, 2.45) is 5.92 Å². The molecule has 1 N–H and O–H groups in total. The van der Waals surface area contributed by atoms with Gasteiger partial charge in [0.1, 0.15) is 6.54 Å². The van der Waals surface area contributed by atoms with Crippen LogP contribution in [-0.4, -0.2) is 47.7 Å². The SMILES string of the molecule is CCN(CC(=O)O)C(=O)C1CCOC1C.